The van der Waals surface area contributed by atoms with Crippen LogP contribution in [-0.2, 0) is 6.54 Å². The molecule has 0 aliphatic carbocycles. The molecule has 0 atom stereocenters. The summed E-state index contributed by atoms with van der Waals surface area (Å²) in [4.78, 5) is 9.47. The number of nitrogens with two attached hydrogens (primary N) is 1. The lowest BCUT2D eigenvalue weighted by atomic mass is 10.4. The quantitative estimate of drug-likeness (QED) is 0.853. The van der Waals surface area contributed by atoms with Crippen LogP contribution < -0.4 is 5.73 Å². The van der Waals surface area contributed by atoms with E-state index in [2.05, 4.69) is 9.97 Å². The van der Waals surface area contributed by atoms with Gasteiger partial charge in [-0.05, 0) is 36.0 Å². The van der Waals surface area contributed by atoms with Gasteiger partial charge in [0.1, 0.15) is 0 Å². The van der Waals surface area contributed by atoms with Gasteiger partial charge in [0.05, 0.1) is 0 Å². The molecule has 2 aromatic rings. The molecule has 0 radical (unpaired) electrons. The average molecular weight is 252 g/mol. The third kappa shape index (κ3) is 2.95. The van der Waals surface area contributed by atoms with Gasteiger partial charge in [0.25, 0.3) is 0 Å². The highest BCUT2D eigenvalue weighted by Gasteiger charge is 2.00. The fraction of sp³-hybridized carbons (Fsp3) is 0.0909. The fourth-order valence-electron chi connectivity index (χ4n) is 1.11. The van der Waals surface area contributed by atoms with Gasteiger partial charge in [-0.15, -0.1) is 0 Å². The van der Waals surface area contributed by atoms with E-state index in [4.69, 9.17) is 17.3 Å². The number of hydrogen-bond donors (Lipinski definition) is 1. The zero-order valence-electron chi connectivity index (χ0n) is 8.43. The molecular formula is C11H10ClN3S. The van der Waals surface area contributed by atoms with Crippen LogP contribution in [0.15, 0.2) is 46.7 Å². The highest BCUT2D eigenvalue weighted by atomic mass is 35.5. The van der Waals surface area contributed by atoms with E-state index in [1.165, 1.54) is 11.8 Å². The molecule has 1 aromatic heterocycles. The van der Waals surface area contributed by atoms with Crippen molar-refractivity contribution in [1.29, 1.82) is 0 Å². The van der Waals surface area contributed by atoms with Gasteiger partial charge in [-0.2, -0.15) is 0 Å². The van der Waals surface area contributed by atoms with Crippen molar-refractivity contribution >= 4 is 23.4 Å². The van der Waals surface area contributed by atoms with Crippen LogP contribution in [0.5, 0.6) is 0 Å². The monoisotopic (exact) mass is 251 g/mol. The summed E-state index contributed by atoms with van der Waals surface area (Å²) < 4.78 is 0. The number of rotatable bonds is 3. The normalized spacial score (nSPS) is 10.4. The number of benzene rings is 1. The predicted octanol–water partition coefficient (Wildman–Crippen LogP) is 2.74. The molecule has 0 saturated carbocycles. The molecular weight excluding hydrogens is 242 g/mol. The second-order valence-corrected chi connectivity index (χ2v) is 4.61. The Morgan fingerprint density at radius 3 is 2.31 bits per heavy atom. The van der Waals surface area contributed by atoms with Gasteiger partial charge < -0.3 is 5.73 Å². The van der Waals surface area contributed by atoms with Crippen LogP contribution in [-0.4, -0.2) is 9.97 Å². The first-order valence-electron chi connectivity index (χ1n) is 4.72. The van der Waals surface area contributed by atoms with Crippen molar-refractivity contribution in [3.05, 3.63) is 47.2 Å². The zero-order valence-corrected chi connectivity index (χ0v) is 10.0. The smallest absolute Gasteiger partial charge is 0.192 e. The molecule has 0 saturated heterocycles. The zero-order chi connectivity index (χ0) is 11.4. The Morgan fingerprint density at radius 2 is 1.75 bits per heavy atom. The molecule has 0 spiro atoms. The molecule has 82 valence electrons. The maximum Gasteiger partial charge on any atom is 0.192 e. The number of hydrogen-bond acceptors (Lipinski definition) is 4. The molecule has 5 heteroatoms. The Labute approximate surface area is 103 Å². The molecule has 3 nitrogen and oxygen atoms in total. The van der Waals surface area contributed by atoms with Crippen LogP contribution in [0.4, 0.5) is 0 Å². The van der Waals surface area contributed by atoms with Gasteiger partial charge in [-0.1, -0.05) is 11.6 Å². The van der Waals surface area contributed by atoms with Crippen molar-refractivity contribution < 1.29 is 0 Å². The lowest BCUT2D eigenvalue weighted by Gasteiger charge is -2.00. The van der Waals surface area contributed by atoms with Crippen LogP contribution >= 0.6 is 23.4 Å². The van der Waals surface area contributed by atoms with Gasteiger partial charge in [0, 0.05) is 34.4 Å². The fourth-order valence-corrected chi connectivity index (χ4v) is 1.93. The molecule has 0 unspecified atom stereocenters. The van der Waals surface area contributed by atoms with Crippen molar-refractivity contribution in [3.8, 4) is 0 Å². The highest BCUT2D eigenvalue weighted by molar-refractivity contribution is 7.99. The SMILES string of the molecule is NCc1cnc(Sc2ccc(Cl)cc2)nc1. The van der Waals surface area contributed by atoms with Crippen molar-refractivity contribution in [2.45, 2.75) is 16.6 Å². The van der Waals surface area contributed by atoms with E-state index in [1.807, 2.05) is 24.3 Å². The number of nitrogens with zero attached hydrogens (tertiary/aromatic N) is 2. The minimum atomic E-state index is 0.464. The maximum absolute atomic E-state index is 5.80. The second kappa shape index (κ2) is 5.30. The van der Waals surface area contributed by atoms with Crippen molar-refractivity contribution in [1.82, 2.24) is 9.97 Å². The summed E-state index contributed by atoms with van der Waals surface area (Å²) in [7, 11) is 0. The third-order valence-corrected chi connectivity index (χ3v) is 3.09. The minimum absolute atomic E-state index is 0.464. The number of aromatic nitrogens is 2. The molecule has 1 aromatic carbocycles. The van der Waals surface area contributed by atoms with Gasteiger partial charge in [0.15, 0.2) is 5.16 Å². The molecule has 0 fully saturated rings. The lowest BCUT2D eigenvalue weighted by molar-refractivity contribution is 0.914. The van der Waals surface area contributed by atoms with Crippen LogP contribution in [0, 0.1) is 0 Å². The average Bonchev–Trinajstić information content (AvgIpc) is 2.33. The first-order valence-corrected chi connectivity index (χ1v) is 5.92. The minimum Gasteiger partial charge on any atom is -0.326 e. The van der Waals surface area contributed by atoms with E-state index in [0.717, 1.165) is 15.5 Å². The summed E-state index contributed by atoms with van der Waals surface area (Å²) in [6.45, 7) is 0.464. The van der Waals surface area contributed by atoms with Gasteiger partial charge >= 0.3 is 0 Å². The molecule has 1 heterocycles. The van der Waals surface area contributed by atoms with E-state index >= 15 is 0 Å². The standard InChI is InChI=1S/C11H10ClN3S/c12-9-1-3-10(4-2-9)16-11-14-6-8(5-13)7-15-11/h1-4,6-7H,5,13H2. The summed E-state index contributed by atoms with van der Waals surface area (Å²) in [5, 5.41) is 1.43. The predicted molar refractivity (Wildman–Crippen MR) is 65.5 cm³/mol. The Bertz CT molecular complexity index is 456. The summed E-state index contributed by atoms with van der Waals surface area (Å²) >= 11 is 7.29. The first-order chi connectivity index (χ1) is 7.78. The van der Waals surface area contributed by atoms with E-state index in [-0.39, 0.29) is 0 Å². The largest absolute Gasteiger partial charge is 0.326 e. The van der Waals surface area contributed by atoms with E-state index in [1.54, 1.807) is 12.4 Å². The Morgan fingerprint density at radius 1 is 1.12 bits per heavy atom. The molecule has 0 aliphatic heterocycles. The van der Waals surface area contributed by atoms with Gasteiger partial charge in [-0.25, -0.2) is 9.97 Å². The Hall–Kier alpha value is -1.10. The Balaban J connectivity index is 2.11. The molecule has 0 bridgehead atoms. The van der Waals surface area contributed by atoms with Crippen molar-refractivity contribution in [2.24, 2.45) is 5.73 Å². The molecule has 16 heavy (non-hydrogen) atoms. The van der Waals surface area contributed by atoms with E-state index in [0.29, 0.717) is 11.7 Å². The van der Waals surface area contributed by atoms with Crippen LogP contribution in [0.3, 0.4) is 0 Å². The maximum atomic E-state index is 5.80. The van der Waals surface area contributed by atoms with Crippen molar-refractivity contribution in [3.63, 3.8) is 0 Å². The summed E-state index contributed by atoms with van der Waals surface area (Å²) in [5.41, 5.74) is 6.40. The number of halogens is 1. The highest BCUT2D eigenvalue weighted by Crippen LogP contribution is 2.25. The second-order valence-electron chi connectivity index (χ2n) is 3.13. The summed E-state index contributed by atoms with van der Waals surface area (Å²) in [5.74, 6) is 0. The van der Waals surface area contributed by atoms with Crippen molar-refractivity contribution in [2.75, 3.05) is 0 Å². The molecule has 0 aliphatic rings. The van der Waals surface area contributed by atoms with E-state index in [9.17, 15) is 0 Å². The lowest BCUT2D eigenvalue weighted by Crippen LogP contribution is -1.98. The van der Waals surface area contributed by atoms with Crippen LogP contribution in [0.1, 0.15) is 5.56 Å². The molecule has 2 N–H and O–H groups in total. The topological polar surface area (TPSA) is 51.8 Å². The molecule has 2 rings (SSSR count). The Kier molecular flexibility index (Phi) is 3.77. The third-order valence-electron chi connectivity index (χ3n) is 1.94. The van der Waals surface area contributed by atoms with Crippen LogP contribution in [0.25, 0.3) is 0 Å². The first kappa shape index (κ1) is 11.4. The summed E-state index contributed by atoms with van der Waals surface area (Å²) in [6.07, 6.45) is 3.48. The van der Waals surface area contributed by atoms with Crippen LogP contribution in [0.2, 0.25) is 5.02 Å². The van der Waals surface area contributed by atoms with Gasteiger partial charge in [0.2, 0.25) is 0 Å². The van der Waals surface area contributed by atoms with E-state index < -0.39 is 0 Å². The molecule has 0 amide bonds. The van der Waals surface area contributed by atoms with Gasteiger partial charge in [-0.3, -0.25) is 0 Å². The summed E-state index contributed by atoms with van der Waals surface area (Å²) in [6, 6.07) is 7.57.